The highest BCUT2D eigenvalue weighted by atomic mass is 32.3. The number of allylic oxidation sites excluding steroid dienone is 1. The summed E-state index contributed by atoms with van der Waals surface area (Å²) in [7, 11) is 1.75. The van der Waals surface area contributed by atoms with Gasteiger partial charge in [0.15, 0.2) is 5.82 Å². The van der Waals surface area contributed by atoms with Gasteiger partial charge >= 0.3 is 0 Å². The van der Waals surface area contributed by atoms with Crippen LogP contribution in [0.2, 0.25) is 0 Å². The van der Waals surface area contributed by atoms with Crippen molar-refractivity contribution in [2.75, 3.05) is 0 Å². The lowest BCUT2D eigenvalue weighted by atomic mass is 9.70. The van der Waals surface area contributed by atoms with Crippen molar-refractivity contribution in [3.8, 4) is 0 Å². The second-order valence-electron chi connectivity index (χ2n) is 7.42. The Kier molecular flexibility index (Phi) is 5.83. The van der Waals surface area contributed by atoms with E-state index in [2.05, 4.69) is 87.5 Å². The van der Waals surface area contributed by atoms with Crippen LogP contribution in [0.5, 0.6) is 0 Å². The lowest BCUT2D eigenvalue weighted by molar-refractivity contribution is 0.796. The fourth-order valence-corrected chi connectivity index (χ4v) is 5.75. The highest BCUT2D eigenvalue weighted by molar-refractivity contribution is 8.19. The maximum absolute atomic E-state index is 5.19. The van der Waals surface area contributed by atoms with Gasteiger partial charge in [0.05, 0.1) is 16.1 Å². The van der Waals surface area contributed by atoms with Crippen LogP contribution in [-0.4, -0.2) is 30.6 Å². The molecular weight excluding hydrogens is 389 g/mol. The number of aryl methyl sites for hydroxylation is 1. The smallest absolute Gasteiger partial charge is 0.237 e. The van der Waals surface area contributed by atoms with Crippen LogP contribution in [0, 0.1) is 13.8 Å². The number of rotatable bonds is 6. The van der Waals surface area contributed by atoms with Crippen LogP contribution in [0.4, 0.5) is 0 Å². The highest BCUT2D eigenvalue weighted by Crippen LogP contribution is 2.43. The van der Waals surface area contributed by atoms with E-state index >= 15 is 0 Å². The molecule has 0 N–H and O–H groups in total. The third-order valence-electron chi connectivity index (χ3n) is 5.65. The van der Waals surface area contributed by atoms with E-state index in [0.29, 0.717) is 0 Å². The molecule has 0 saturated carbocycles. The summed E-state index contributed by atoms with van der Waals surface area (Å²) in [5, 5.41) is 6.01. The average molecular weight is 415 g/mol. The molecule has 0 unspecified atom stereocenters. The SMILES string of the molecule is CCCC1=NC(n2nc(C)c(C)c2[S][AlH])=CC1(c1ccccc1)c1ccccc1. The molecule has 2 aromatic carbocycles. The third kappa shape index (κ3) is 3.42. The van der Waals surface area contributed by atoms with Crippen LogP contribution in [0.1, 0.15) is 42.1 Å². The molecule has 0 bridgehead atoms. The van der Waals surface area contributed by atoms with Crippen molar-refractivity contribution < 1.29 is 0 Å². The molecule has 2 heterocycles. The first-order chi connectivity index (χ1) is 14.1. The summed E-state index contributed by atoms with van der Waals surface area (Å²) in [5.74, 6) is 0.923. The van der Waals surface area contributed by atoms with Gasteiger partial charge < -0.3 is 0 Å². The van der Waals surface area contributed by atoms with E-state index in [1.165, 1.54) is 27.4 Å². The average Bonchev–Trinajstić information content (AvgIpc) is 3.28. The van der Waals surface area contributed by atoms with E-state index in [9.17, 15) is 0 Å². The quantitative estimate of drug-likeness (QED) is 0.502. The second kappa shape index (κ2) is 8.36. The molecule has 0 fully saturated rings. The minimum absolute atomic E-state index is 0.362. The topological polar surface area (TPSA) is 30.2 Å². The molecule has 145 valence electrons. The third-order valence-corrected chi connectivity index (χ3v) is 7.23. The predicted molar refractivity (Wildman–Crippen MR) is 125 cm³/mol. The van der Waals surface area contributed by atoms with E-state index in [1.54, 1.807) is 10.1 Å². The lowest BCUT2D eigenvalue weighted by Crippen LogP contribution is -2.33. The van der Waals surface area contributed by atoms with Crippen molar-refractivity contribution in [3.05, 3.63) is 89.1 Å². The highest BCUT2D eigenvalue weighted by Gasteiger charge is 2.41. The van der Waals surface area contributed by atoms with E-state index in [1.807, 2.05) is 19.8 Å². The van der Waals surface area contributed by atoms with Gasteiger partial charge in [0.1, 0.15) is 0 Å². The number of hydrogen-bond acceptors (Lipinski definition) is 3. The molecule has 3 nitrogen and oxygen atoms in total. The van der Waals surface area contributed by atoms with Gasteiger partial charge in [0.25, 0.3) is 15.2 Å². The molecule has 29 heavy (non-hydrogen) atoms. The molecule has 1 aromatic heterocycles. The van der Waals surface area contributed by atoms with E-state index in [4.69, 9.17) is 10.1 Å². The van der Waals surface area contributed by atoms with Crippen molar-refractivity contribution in [3.63, 3.8) is 0 Å². The molecule has 0 saturated heterocycles. The lowest BCUT2D eigenvalue weighted by Gasteiger charge is -2.30. The number of hydrogen-bond donors (Lipinski definition) is 0. The maximum atomic E-state index is 5.19. The number of nitrogens with zero attached hydrogens (tertiary/aromatic N) is 3. The zero-order valence-corrected chi connectivity index (χ0v) is 19.5. The first-order valence-electron chi connectivity index (χ1n) is 10.0. The van der Waals surface area contributed by atoms with Gasteiger partial charge in [-0.25, -0.2) is 19.8 Å². The maximum Gasteiger partial charge on any atom is 0.284 e. The Balaban J connectivity index is 2.00. The molecule has 4 rings (SSSR count). The molecule has 0 atom stereocenters. The Morgan fingerprint density at radius 1 is 0.966 bits per heavy atom. The van der Waals surface area contributed by atoms with E-state index in [-0.39, 0.29) is 5.41 Å². The number of aliphatic imine (C=N–C) groups is 1. The fraction of sp³-hybridized carbons (Fsp3) is 0.250. The van der Waals surface area contributed by atoms with Crippen LogP contribution in [0.15, 0.2) is 76.8 Å². The second-order valence-corrected chi connectivity index (χ2v) is 8.96. The van der Waals surface area contributed by atoms with Gasteiger partial charge in [-0.15, -0.1) is 0 Å². The van der Waals surface area contributed by atoms with Gasteiger partial charge in [0.2, 0.25) is 0 Å². The zero-order valence-electron chi connectivity index (χ0n) is 17.2. The molecule has 1 aliphatic heterocycles. The summed E-state index contributed by atoms with van der Waals surface area (Å²) in [6.07, 6.45) is 4.31. The Morgan fingerprint density at radius 2 is 1.55 bits per heavy atom. The normalized spacial score (nSPS) is 15.3. The first-order valence-corrected chi connectivity index (χ1v) is 12.7. The van der Waals surface area contributed by atoms with Crippen LogP contribution >= 0.6 is 10.1 Å². The largest absolute Gasteiger partial charge is 0.284 e. The van der Waals surface area contributed by atoms with Crippen LogP contribution < -0.4 is 0 Å². The van der Waals surface area contributed by atoms with Gasteiger partial charge in [-0.1, -0.05) is 74.0 Å². The van der Waals surface area contributed by atoms with Crippen molar-refractivity contribution >= 4 is 36.8 Å². The molecule has 5 heteroatoms. The van der Waals surface area contributed by atoms with Crippen molar-refractivity contribution in [1.82, 2.24) is 9.78 Å². The Morgan fingerprint density at radius 3 is 2.07 bits per heavy atom. The fourth-order valence-electron chi connectivity index (χ4n) is 4.11. The summed E-state index contributed by atoms with van der Waals surface area (Å²) in [6.45, 7) is 6.43. The van der Waals surface area contributed by atoms with Gasteiger partial charge in [-0.05, 0) is 37.5 Å². The van der Waals surface area contributed by atoms with Crippen molar-refractivity contribution in [1.29, 1.82) is 0 Å². The van der Waals surface area contributed by atoms with Crippen molar-refractivity contribution in [2.24, 2.45) is 4.99 Å². The molecule has 3 aromatic rings. The summed E-state index contributed by atoms with van der Waals surface area (Å²) >= 11 is 1.89. The monoisotopic (exact) mass is 414 g/mol. The molecule has 1 radical (unpaired) electrons. The van der Waals surface area contributed by atoms with Crippen LogP contribution in [0.25, 0.3) is 5.82 Å². The minimum atomic E-state index is -0.362. The predicted octanol–water partition coefficient (Wildman–Crippen LogP) is 5.45. The van der Waals surface area contributed by atoms with Gasteiger partial charge in [-0.3, -0.25) is 0 Å². The van der Waals surface area contributed by atoms with Gasteiger partial charge in [0, 0.05) is 11.3 Å². The van der Waals surface area contributed by atoms with Gasteiger partial charge in [-0.2, -0.15) is 5.10 Å². The van der Waals surface area contributed by atoms with Crippen molar-refractivity contribution in [2.45, 2.75) is 44.1 Å². The van der Waals surface area contributed by atoms with E-state index < -0.39 is 0 Å². The summed E-state index contributed by atoms with van der Waals surface area (Å²) in [6, 6.07) is 21.5. The van der Waals surface area contributed by atoms with Crippen LogP contribution in [0.3, 0.4) is 0 Å². The Hall–Kier alpha value is -2.06. The first kappa shape index (κ1) is 20.2. The summed E-state index contributed by atoms with van der Waals surface area (Å²) in [5.41, 5.74) is 5.62. The minimum Gasteiger partial charge on any atom is -0.237 e. The number of aromatic nitrogens is 2. The molecule has 0 spiro atoms. The number of benzene rings is 2. The molecule has 1 aliphatic rings. The zero-order chi connectivity index (χ0) is 20.4. The standard InChI is InChI=1S/C24H25N3S.Al.H/c1-4-11-21-24(19-12-7-5-8-13-19,20-14-9-6-10-15-20)16-22(25-21)27-23(28)17(2)18(3)26-27;;/h5-10,12-16,28H,4,11H2,1-3H3;;/q;+1;/p-1. The molecule has 0 aliphatic carbocycles. The molecular formula is C24H25AlN3S. The Bertz CT molecular complexity index is 1030. The molecule has 0 amide bonds. The summed E-state index contributed by atoms with van der Waals surface area (Å²) < 4.78 is 2.03. The van der Waals surface area contributed by atoms with E-state index in [0.717, 1.165) is 24.4 Å². The van der Waals surface area contributed by atoms with Crippen LogP contribution in [-0.2, 0) is 5.41 Å². The Labute approximate surface area is 184 Å². The summed E-state index contributed by atoms with van der Waals surface area (Å²) in [4.78, 5) is 5.19.